The Balaban J connectivity index is 0. The highest BCUT2D eigenvalue weighted by Crippen LogP contribution is 2.24. The van der Waals surface area contributed by atoms with Gasteiger partial charge in [-0.15, -0.1) is 25.2 Å². The molecule has 0 bridgehead atoms. The van der Waals surface area contributed by atoms with Crippen molar-refractivity contribution in [2.75, 3.05) is 20.8 Å². The lowest BCUT2D eigenvalue weighted by Gasteiger charge is -2.11. The van der Waals surface area contributed by atoms with Gasteiger partial charge in [-0.05, 0) is 18.6 Å². The van der Waals surface area contributed by atoms with Crippen molar-refractivity contribution in [3.63, 3.8) is 0 Å². The molecule has 0 saturated carbocycles. The van der Waals surface area contributed by atoms with Crippen LogP contribution >= 0.6 is 0 Å². The van der Waals surface area contributed by atoms with E-state index in [0.29, 0.717) is 0 Å². The Morgan fingerprint density at radius 1 is 1.25 bits per heavy atom. The van der Waals surface area contributed by atoms with Crippen LogP contribution in [0.15, 0.2) is 55.2 Å². The Bertz CT molecular complexity index is 577. The maximum absolute atomic E-state index is 5.35. The molecule has 3 nitrogen and oxygen atoms in total. The van der Waals surface area contributed by atoms with Crippen LogP contribution in [-0.2, 0) is 6.54 Å². The third-order valence-electron chi connectivity index (χ3n) is 2.73. The molecule has 1 N–H and O–H groups in total. The van der Waals surface area contributed by atoms with Crippen molar-refractivity contribution >= 4 is 0 Å². The second kappa shape index (κ2) is 16.5. The Morgan fingerprint density at radius 2 is 1.88 bits per heavy atom. The average Bonchev–Trinajstić information content (AvgIpc) is 2.63. The van der Waals surface area contributed by atoms with Gasteiger partial charge in [0.05, 0.1) is 14.2 Å². The van der Waals surface area contributed by atoms with Gasteiger partial charge in [0.1, 0.15) is 11.5 Å². The van der Waals surface area contributed by atoms with E-state index >= 15 is 0 Å². The molecule has 0 aliphatic carbocycles. The molecule has 1 rings (SSSR count). The Labute approximate surface area is 147 Å². The lowest BCUT2D eigenvalue weighted by Crippen LogP contribution is -2.16. The minimum atomic E-state index is 0.718. The van der Waals surface area contributed by atoms with Crippen LogP contribution in [0.5, 0.6) is 11.5 Å². The van der Waals surface area contributed by atoms with Crippen LogP contribution in [0.3, 0.4) is 0 Å². The highest BCUT2D eigenvalue weighted by Gasteiger charge is 2.04. The number of methoxy groups -OCH3 is 2. The van der Waals surface area contributed by atoms with Crippen LogP contribution in [0, 0.1) is 25.2 Å². The van der Waals surface area contributed by atoms with Crippen molar-refractivity contribution in [3.8, 4) is 36.7 Å². The van der Waals surface area contributed by atoms with Gasteiger partial charge in [-0.3, -0.25) is 0 Å². The van der Waals surface area contributed by atoms with E-state index in [1.807, 2.05) is 30.4 Å². The number of terminal acetylenes is 2. The molecule has 0 saturated heterocycles. The van der Waals surface area contributed by atoms with Crippen LogP contribution in [0.25, 0.3) is 0 Å². The van der Waals surface area contributed by atoms with Crippen molar-refractivity contribution in [2.24, 2.45) is 0 Å². The smallest absolute Gasteiger partial charge is 0.127 e. The lowest BCUT2D eigenvalue weighted by molar-refractivity contribution is 0.390. The average molecular weight is 325 g/mol. The van der Waals surface area contributed by atoms with Gasteiger partial charge in [-0.1, -0.05) is 37.5 Å². The van der Waals surface area contributed by atoms with Gasteiger partial charge in [0.2, 0.25) is 0 Å². The molecule has 24 heavy (non-hydrogen) atoms. The predicted octanol–water partition coefficient (Wildman–Crippen LogP) is 3.98. The van der Waals surface area contributed by atoms with E-state index in [0.717, 1.165) is 35.7 Å². The van der Waals surface area contributed by atoms with Crippen molar-refractivity contribution in [1.82, 2.24) is 5.32 Å². The summed E-state index contributed by atoms with van der Waals surface area (Å²) < 4.78 is 10.5. The summed E-state index contributed by atoms with van der Waals surface area (Å²) in [5, 5.41) is 3.34. The van der Waals surface area contributed by atoms with E-state index in [9.17, 15) is 0 Å². The van der Waals surface area contributed by atoms with Crippen LogP contribution in [0.2, 0.25) is 0 Å². The fourth-order valence-corrected chi connectivity index (χ4v) is 1.69. The minimum Gasteiger partial charge on any atom is -0.497 e. The first-order valence-corrected chi connectivity index (χ1v) is 7.23. The SMILES string of the molecule is C#C.C#CC.C=C/C=C(\C=C)CNCc1ccc(OC)cc1OC. The van der Waals surface area contributed by atoms with Gasteiger partial charge in [0.25, 0.3) is 0 Å². The van der Waals surface area contributed by atoms with Crippen molar-refractivity contribution in [1.29, 1.82) is 0 Å². The summed E-state index contributed by atoms with van der Waals surface area (Å²) in [5.41, 5.74) is 2.19. The predicted molar refractivity (Wildman–Crippen MR) is 104 cm³/mol. The summed E-state index contributed by atoms with van der Waals surface area (Å²) in [5.74, 6) is 3.86. The molecule has 0 fully saturated rings. The summed E-state index contributed by atoms with van der Waals surface area (Å²) >= 11 is 0. The topological polar surface area (TPSA) is 30.5 Å². The van der Waals surface area contributed by atoms with Gasteiger partial charge < -0.3 is 14.8 Å². The first-order chi connectivity index (χ1) is 11.7. The molecule has 0 radical (unpaired) electrons. The zero-order chi connectivity index (χ0) is 18.8. The third-order valence-corrected chi connectivity index (χ3v) is 2.73. The first-order valence-electron chi connectivity index (χ1n) is 7.23. The van der Waals surface area contributed by atoms with Crippen LogP contribution in [0.1, 0.15) is 12.5 Å². The molecule has 1 aromatic carbocycles. The minimum absolute atomic E-state index is 0.718. The number of allylic oxidation sites excluding steroid dienone is 2. The number of hydrogen-bond donors (Lipinski definition) is 1. The summed E-state index contributed by atoms with van der Waals surface area (Å²) in [6, 6.07) is 5.80. The first kappa shape index (κ1) is 23.4. The molecule has 1 aromatic rings. The molecule has 0 spiro atoms. The standard InChI is InChI=1S/C16H21NO2.C3H4.C2H2/c1-5-7-13(6-2)11-17-12-14-8-9-15(18-3)10-16(14)19-4;1-3-2;1-2/h5-10,17H,1-2,11-12H2,3-4H3;1H,2H3;1-2H/b13-7+;;. The van der Waals surface area contributed by atoms with Gasteiger partial charge in [-0.2, -0.15) is 0 Å². The highest BCUT2D eigenvalue weighted by atomic mass is 16.5. The molecular weight excluding hydrogens is 298 g/mol. The largest absolute Gasteiger partial charge is 0.497 e. The molecule has 0 unspecified atom stereocenters. The van der Waals surface area contributed by atoms with Crippen molar-refractivity contribution in [3.05, 3.63) is 60.7 Å². The molecule has 0 heterocycles. The number of benzene rings is 1. The fraction of sp³-hybridized carbons (Fsp3) is 0.238. The van der Waals surface area contributed by atoms with Crippen LogP contribution < -0.4 is 14.8 Å². The van der Waals surface area contributed by atoms with Gasteiger partial charge >= 0.3 is 0 Å². The highest BCUT2D eigenvalue weighted by molar-refractivity contribution is 5.40. The lowest BCUT2D eigenvalue weighted by atomic mass is 10.1. The van der Waals surface area contributed by atoms with E-state index in [1.165, 1.54) is 0 Å². The molecule has 0 aliphatic heterocycles. The zero-order valence-electron chi connectivity index (χ0n) is 14.8. The number of ether oxygens (including phenoxy) is 2. The van der Waals surface area contributed by atoms with Gasteiger partial charge in [0, 0.05) is 24.7 Å². The molecule has 128 valence electrons. The fourth-order valence-electron chi connectivity index (χ4n) is 1.69. The van der Waals surface area contributed by atoms with Crippen molar-refractivity contribution < 1.29 is 9.47 Å². The number of hydrogen-bond acceptors (Lipinski definition) is 3. The summed E-state index contributed by atoms with van der Waals surface area (Å²) in [6.45, 7) is 10.6. The molecule has 0 atom stereocenters. The van der Waals surface area contributed by atoms with Gasteiger partial charge in [-0.25, -0.2) is 0 Å². The maximum Gasteiger partial charge on any atom is 0.127 e. The number of nitrogens with one attached hydrogen (secondary N) is 1. The summed E-state index contributed by atoms with van der Waals surface area (Å²) in [7, 11) is 3.30. The molecule has 0 amide bonds. The summed E-state index contributed by atoms with van der Waals surface area (Å²) in [4.78, 5) is 0. The molecular formula is C21H27NO2. The van der Waals surface area contributed by atoms with E-state index in [-0.39, 0.29) is 0 Å². The van der Waals surface area contributed by atoms with Gasteiger partial charge in [0.15, 0.2) is 0 Å². The number of rotatable bonds is 8. The Morgan fingerprint density at radius 3 is 2.33 bits per heavy atom. The normalized spacial score (nSPS) is 9.08. The molecule has 0 aliphatic rings. The second-order valence-electron chi connectivity index (χ2n) is 4.25. The molecule has 3 heteroatoms. The van der Waals surface area contributed by atoms with E-state index in [2.05, 4.69) is 43.7 Å². The van der Waals surface area contributed by atoms with E-state index in [1.54, 1.807) is 27.2 Å². The van der Waals surface area contributed by atoms with Crippen molar-refractivity contribution in [2.45, 2.75) is 13.5 Å². The monoisotopic (exact) mass is 325 g/mol. The zero-order valence-corrected chi connectivity index (χ0v) is 14.8. The van der Waals surface area contributed by atoms with E-state index < -0.39 is 0 Å². The maximum atomic E-state index is 5.35. The second-order valence-corrected chi connectivity index (χ2v) is 4.25. The quantitative estimate of drug-likeness (QED) is 0.579. The van der Waals surface area contributed by atoms with Crippen LogP contribution in [0.4, 0.5) is 0 Å². The Kier molecular flexibility index (Phi) is 16.1. The van der Waals surface area contributed by atoms with E-state index in [4.69, 9.17) is 9.47 Å². The third kappa shape index (κ3) is 9.95. The molecule has 0 aromatic heterocycles. The Hall–Kier alpha value is -2.88. The van der Waals surface area contributed by atoms with Crippen LogP contribution in [-0.4, -0.2) is 20.8 Å². The summed E-state index contributed by atoms with van der Waals surface area (Å²) in [6.07, 6.45) is 18.1.